The molecule has 1 unspecified atom stereocenters. The van der Waals surface area contributed by atoms with Crippen molar-refractivity contribution in [2.45, 2.75) is 44.8 Å². The van der Waals surface area contributed by atoms with Crippen molar-refractivity contribution in [2.24, 2.45) is 5.41 Å². The minimum absolute atomic E-state index is 0.0122. The van der Waals surface area contributed by atoms with Crippen molar-refractivity contribution >= 4 is 0 Å². The van der Waals surface area contributed by atoms with E-state index in [0.717, 1.165) is 25.7 Å². The van der Waals surface area contributed by atoms with Crippen LogP contribution >= 0.6 is 0 Å². The van der Waals surface area contributed by atoms with Gasteiger partial charge < -0.3 is 5.32 Å². The Hall–Kier alpha value is -1.03. The first-order valence-electron chi connectivity index (χ1n) is 6.76. The lowest BCUT2D eigenvalue weighted by Gasteiger charge is -2.29. The number of halogens is 3. The van der Waals surface area contributed by atoms with Crippen molar-refractivity contribution in [3.05, 3.63) is 35.9 Å². The SMILES string of the molecule is CC1(CNC(c2ccccc2)C(F)(F)F)CCCC1. The van der Waals surface area contributed by atoms with Crippen LogP contribution in [0, 0.1) is 5.41 Å². The van der Waals surface area contributed by atoms with Gasteiger partial charge in [0.15, 0.2) is 0 Å². The molecule has 0 spiro atoms. The Morgan fingerprint density at radius 2 is 1.74 bits per heavy atom. The van der Waals surface area contributed by atoms with E-state index < -0.39 is 12.2 Å². The zero-order chi connectivity index (χ0) is 13.9. The maximum absolute atomic E-state index is 13.1. The third kappa shape index (κ3) is 3.72. The molecule has 1 nitrogen and oxygen atoms in total. The van der Waals surface area contributed by atoms with Gasteiger partial charge in [-0.1, -0.05) is 50.1 Å². The second kappa shape index (κ2) is 5.53. The highest BCUT2D eigenvalue weighted by molar-refractivity contribution is 5.20. The molecular formula is C15H20F3N. The summed E-state index contributed by atoms with van der Waals surface area (Å²) in [5, 5.41) is 2.73. The average molecular weight is 271 g/mol. The molecule has 1 N–H and O–H groups in total. The third-order valence-corrected chi connectivity index (χ3v) is 4.00. The Balaban J connectivity index is 2.07. The summed E-state index contributed by atoms with van der Waals surface area (Å²) >= 11 is 0. The Kier molecular flexibility index (Phi) is 4.19. The van der Waals surface area contributed by atoms with Crippen LogP contribution in [0.3, 0.4) is 0 Å². The van der Waals surface area contributed by atoms with E-state index in [1.165, 1.54) is 12.1 Å². The number of alkyl halides is 3. The average Bonchev–Trinajstić information content (AvgIpc) is 2.76. The molecule has 4 heteroatoms. The van der Waals surface area contributed by atoms with E-state index in [1.807, 2.05) is 0 Å². The molecule has 1 aliphatic carbocycles. The molecule has 0 bridgehead atoms. The van der Waals surface area contributed by atoms with Crippen LogP contribution in [0.4, 0.5) is 13.2 Å². The number of rotatable bonds is 4. The molecule has 19 heavy (non-hydrogen) atoms. The number of benzene rings is 1. The minimum atomic E-state index is -4.25. The second-order valence-electron chi connectivity index (χ2n) is 5.78. The Bertz CT molecular complexity index is 394. The minimum Gasteiger partial charge on any atom is -0.302 e. The quantitative estimate of drug-likeness (QED) is 0.852. The number of hydrogen-bond acceptors (Lipinski definition) is 1. The van der Waals surface area contributed by atoms with Crippen molar-refractivity contribution in [3.8, 4) is 0 Å². The van der Waals surface area contributed by atoms with E-state index in [2.05, 4.69) is 12.2 Å². The van der Waals surface area contributed by atoms with Crippen LogP contribution in [0.1, 0.15) is 44.2 Å². The number of hydrogen-bond donors (Lipinski definition) is 1. The van der Waals surface area contributed by atoms with Gasteiger partial charge in [-0.25, -0.2) is 0 Å². The van der Waals surface area contributed by atoms with Crippen molar-refractivity contribution in [1.29, 1.82) is 0 Å². The van der Waals surface area contributed by atoms with Crippen LogP contribution in [-0.4, -0.2) is 12.7 Å². The van der Waals surface area contributed by atoms with Crippen LogP contribution in [-0.2, 0) is 0 Å². The third-order valence-electron chi connectivity index (χ3n) is 4.00. The van der Waals surface area contributed by atoms with Crippen LogP contribution in [0.2, 0.25) is 0 Å². The van der Waals surface area contributed by atoms with Gasteiger partial charge in [-0.05, 0) is 23.8 Å². The van der Waals surface area contributed by atoms with E-state index in [-0.39, 0.29) is 11.0 Å². The molecule has 0 radical (unpaired) electrons. The smallest absolute Gasteiger partial charge is 0.302 e. The first kappa shape index (κ1) is 14.4. The van der Waals surface area contributed by atoms with Gasteiger partial charge in [0.1, 0.15) is 6.04 Å². The standard InChI is InChI=1S/C15H20F3N/c1-14(9-5-6-10-14)11-19-13(15(16,17)18)12-7-3-2-4-8-12/h2-4,7-8,13,19H,5-6,9-11H2,1H3. The van der Waals surface area contributed by atoms with Gasteiger partial charge in [0.25, 0.3) is 0 Å². The molecule has 0 heterocycles. The van der Waals surface area contributed by atoms with Gasteiger partial charge in [0, 0.05) is 6.54 Å². The largest absolute Gasteiger partial charge is 0.407 e. The van der Waals surface area contributed by atoms with E-state index in [4.69, 9.17) is 0 Å². The fourth-order valence-electron chi connectivity index (χ4n) is 2.82. The highest BCUT2D eigenvalue weighted by Gasteiger charge is 2.41. The summed E-state index contributed by atoms with van der Waals surface area (Å²) in [5.74, 6) is 0. The molecular weight excluding hydrogens is 251 g/mol. The normalized spacial score (nSPS) is 20.4. The topological polar surface area (TPSA) is 12.0 Å². The van der Waals surface area contributed by atoms with Crippen molar-refractivity contribution in [1.82, 2.24) is 5.32 Å². The molecule has 1 fully saturated rings. The predicted octanol–water partition coefficient (Wildman–Crippen LogP) is 4.46. The van der Waals surface area contributed by atoms with Crippen molar-refractivity contribution < 1.29 is 13.2 Å². The maximum atomic E-state index is 13.1. The van der Waals surface area contributed by atoms with Gasteiger partial charge in [0.2, 0.25) is 0 Å². The van der Waals surface area contributed by atoms with Crippen molar-refractivity contribution in [3.63, 3.8) is 0 Å². The lowest BCUT2D eigenvalue weighted by atomic mass is 9.88. The summed E-state index contributed by atoms with van der Waals surface area (Å²) in [7, 11) is 0. The summed E-state index contributed by atoms with van der Waals surface area (Å²) in [6.07, 6.45) is 0.0233. The molecule has 0 aromatic heterocycles. The van der Waals surface area contributed by atoms with Gasteiger partial charge in [-0.15, -0.1) is 0 Å². The van der Waals surface area contributed by atoms with Crippen molar-refractivity contribution in [2.75, 3.05) is 6.54 Å². The molecule has 2 rings (SSSR count). The summed E-state index contributed by atoms with van der Waals surface area (Å²) < 4.78 is 39.4. The fraction of sp³-hybridized carbons (Fsp3) is 0.600. The zero-order valence-corrected chi connectivity index (χ0v) is 11.1. The highest BCUT2D eigenvalue weighted by Crippen LogP contribution is 2.39. The van der Waals surface area contributed by atoms with E-state index in [0.29, 0.717) is 6.54 Å². The number of nitrogens with one attached hydrogen (secondary N) is 1. The molecule has 0 amide bonds. The molecule has 1 aliphatic rings. The van der Waals surface area contributed by atoms with Gasteiger partial charge in [0.05, 0.1) is 0 Å². The van der Waals surface area contributed by atoms with Gasteiger partial charge in [-0.2, -0.15) is 13.2 Å². The highest BCUT2D eigenvalue weighted by atomic mass is 19.4. The molecule has 1 saturated carbocycles. The predicted molar refractivity (Wildman–Crippen MR) is 69.8 cm³/mol. The van der Waals surface area contributed by atoms with Crippen LogP contribution < -0.4 is 5.32 Å². The summed E-state index contributed by atoms with van der Waals surface area (Å²) in [6.45, 7) is 2.50. The Labute approximate surface area is 112 Å². The molecule has 106 valence electrons. The van der Waals surface area contributed by atoms with E-state index in [1.54, 1.807) is 18.2 Å². The molecule has 0 aliphatic heterocycles. The lowest BCUT2D eigenvalue weighted by molar-refractivity contribution is -0.158. The van der Waals surface area contributed by atoms with Crippen LogP contribution in [0.5, 0.6) is 0 Å². The first-order chi connectivity index (χ1) is 8.91. The van der Waals surface area contributed by atoms with Crippen LogP contribution in [0.15, 0.2) is 30.3 Å². The molecule has 1 atom stereocenters. The summed E-state index contributed by atoms with van der Waals surface area (Å²) in [5.41, 5.74) is 0.301. The van der Waals surface area contributed by atoms with E-state index in [9.17, 15) is 13.2 Å². The van der Waals surface area contributed by atoms with E-state index >= 15 is 0 Å². The zero-order valence-electron chi connectivity index (χ0n) is 11.1. The Morgan fingerprint density at radius 3 is 2.26 bits per heavy atom. The summed E-state index contributed by atoms with van der Waals surface area (Å²) in [6, 6.07) is 6.52. The molecule has 1 aromatic carbocycles. The van der Waals surface area contributed by atoms with Crippen LogP contribution in [0.25, 0.3) is 0 Å². The van der Waals surface area contributed by atoms with Gasteiger partial charge in [-0.3, -0.25) is 0 Å². The molecule has 0 saturated heterocycles. The fourth-order valence-corrected chi connectivity index (χ4v) is 2.82. The maximum Gasteiger partial charge on any atom is 0.407 e. The molecule has 1 aromatic rings. The first-order valence-corrected chi connectivity index (χ1v) is 6.76. The second-order valence-corrected chi connectivity index (χ2v) is 5.78. The lowest BCUT2D eigenvalue weighted by Crippen LogP contribution is -2.39. The monoisotopic (exact) mass is 271 g/mol. The van der Waals surface area contributed by atoms with Gasteiger partial charge >= 0.3 is 6.18 Å². The Morgan fingerprint density at radius 1 is 1.16 bits per heavy atom. The summed E-state index contributed by atoms with van der Waals surface area (Å²) in [4.78, 5) is 0.